The molecule has 2 heterocycles. The lowest BCUT2D eigenvalue weighted by Gasteiger charge is -2.18. The highest BCUT2D eigenvalue weighted by molar-refractivity contribution is 5.96. The molecule has 74 valence electrons. The van der Waals surface area contributed by atoms with Gasteiger partial charge in [0.1, 0.15) is 5.75 Å². The molecule has 0 N–H and O–H groups in total. The molecule has 0 saturated heterocycles. The molecule has 2 aromatic rings. The Bertz CT molecular complexity index is 538. The van der Waals surface area contributed by atoms with Crippen molar-refractivity contribution in [3.05, 3.63) is 30.0 Å². The van der Waals surface area contributed by atoms with Crippen molar-refractivity contribution in [2.24, 2.45) is 4.99 Å². The second kappa shape index (κ2) is 3.05. The number of nitrogens with zero attached hydrogens (tertiary/aromatic N) is 2. The number of rotatable bonds is 1. The van der Waals surface area contributed by atoms with Crippen LogP contribution in [-0.4, -0.2) is 18.3 Å². The lowest BCUT2D eigenvalue weighted by atomic mass is 10.0. The van der Waals surface area contributed by atoms with Crippen LogP contribution in [0.25, 0.3) is 10.9 Å². The molecule has 0 fully saturated rings. The van der Waals surface area contributed by atoms with Crippen molar-refractivity contribution in [3.8, 4) is 5.75 Å². The first-order chi connectivity index (χ1) is 7.40. The molecule has 15 heavy (non-hydrogen) atoms. The first kappa shape index (κ1) is 8.41. The molecule has 0 spiro atoms. The highest BCUT2D eigenvalue weighted by Gasteiger charge is 2.15. The van der Waals surface area contributed by atoms with Crippen molar-refractivity contribution >= 4 is 23.3 Å². The Labute approximate surface area is 87.4 Å². The maximum Gasteiger partial charge on any atom is 0.129 e. The van der Waals surface area contributed by atoms with E-state index >= 15 is 0 Å². The predicted molar refractivity (Wildman–Crippen MR) is 60.2 cm³/mol. The minimum Gasteiger partial charge on any atom is -0.493 e. The summed E-state index contributed by atoms with van der Waals surface area (Å²) in [5, 5.41) is 1.09. The van der Waals surface area contributed by atoms with E-state index in [0.29, 0.717) is 0 Å². The summed E-state index contributed by atoms with van der Waals surface area (Å²) in [5.41, 5.74) is 2.99. The summed E-state index contributed by atoms with van der Waals surface area (Å²) >= 11 is 0. The number of hydrogen-bond donors (Lipinski definition) is 0. The lowest BCUT2D eigenvalue weighted by molar-refractivity contribution is 0.318. The molecule has 0 bridgehead atoms. The van der Waals surface area contributed by atoms with Gasteiger partial charge in [-0.3, -0.25) is 9.98 Å². The number of aliphatic imine (C=N–C) groups is 1. The molecule has 3 nitrogen and oxygen atoms in total. The van der Waals surface area contributed by atoms with E-state index in [1.165, 1.54) is 5.56 Å². The first-order valence-corrected chi connectivity index (χ1v) is 4.90. The third kappa shape index (κ3) is 1.13. The SMILES string of the molecule is C=Nc1ccc2c3c(ccnc13)CCO2. The van der Waals surface area contributed by atoms with E-state index in [1.54, 1.807) is 0 Å². The van der Waals surface area contributed by atoms with Crippen molar-refractivity contribution < 1.29 is 4.74 Å². The van der Waals surface area contributed by atoms with Gasteiger partial charge in [0.15, 0.2) is 0 Å². The van der Waals surface area contributed by atoms with Gasteiger partial charge in [-0.05, 0) is 30.5 Å². The molecule has 0 saturated carbocycles. The van der Waals surface area contributed by atoms with E-state index in [-0.39, 0.29) is 0 Å². The summed E-state index contributed by atoms with van der Waals surface area (Å²) < 4.78 is 5.59. The van der Waals surface area contributed by atoms with E-state index < -0.39 is 0 Å². The van der Waals surface area contributed by atoms with Gasteiger partial charge < -0.3 is 4.74 Å². The summed E-state index contributed by atoms with van der Waals surface area (Å²) in [4.78, 5) is 8.31. The highest BCUT2D eigenvalue weighted by atomic mass is 16.5. The van der Waals surface area contributed by atoms with Crippen LogP contribution < -0.4 is 4.74 Å². The van der Waals surface area contributed by atoms with Crippen LogP contribution in [0.4, 0.5) is 5.69 Å². The average Bonchev–Trinajstić information content (AvgIpc) is 2.30. The Morgan fingerprint density at radius 1 is 1.33 bits per heavy atom. The molecule has 0 aliphatic carbocycles. The Kier molecular flexibility index (Phi) is 1.71. The van der Waals surface area contributed by atoms with E-state index in [2.05, 4.69) is 16.7 Å². The van der Waals surface area contributed by atoms with E-state index in [0.717, 1.165) is 35.4 Å². The van der Waals surface area contributed by atoms with Crippen molar-refractivity contribution in [2.75, 3.05) is 6.61 Å². The van der Waals surface area contributed by atoms with Crippen molar-refractivity contribution in [2.45, 2.75) is 6.42 Å². The molecule has 1 aromatic carbocycles. The molecular weight excluding hydrogens is 188 g/mol. The van der Waals surface area contributed by atoms with Crippen LogP contribution in [0.2, 0.25) is 0 Å². The topological polar surface area (TPSA) is 34.5 Å². The van der Waals surface area contributed by atoms with E-state index in [9.17, 15) is 0 Å². The number of pyridine rings is 1. The molecule has 0 atom stereocenters. The predicted octanol–water partition coefficient (Wildman–Crippen LogP) is 2.50. The standard InChI is InChI=1S/C12H10N2O/c1-13-9-2-3-10-11-8(5-7-15-10)4-6-14-12(9)11/h2-4,6H,1,5,7H2. The van der Waals surface area contributed by atoms with Crippen LogP contribution in [0.3, 0.4) is 0 Å². The van der Waals surface area contributed by atoms with Crippen LogP contribution in [-0.2, 0) is 6.42 Å². The van der Waals surface area contributed by atoms with E-state index in [1.807, 2.05) is 24.4 Å². The Balaban J connectivity index is 2.48. The van der Waals surface area contributed by atoms with Gasteiger partial charge in [0.25, 0.3) is 0 Å². The van der Waals surface area contributed by atoms with Gasteiger partial charge in [0, 0.05) is 18.0 Å². The van der Waals surface area contributed by atoms with Crippen LogP contribution in [0.15, 0.2) is 29.4 Å². The number of benzene rings is 1. The van der Waals surface area contributed by atoms with Crippen LogP contribution in [0.5, 0.6) is 5.75 Å². The van der Waals surface area contributed by atoms with Gasteiger partial charge in [0.05, 0.1) is 17.8 Å². The second-order valence-corrected chi connectivity index (χ2v) is 3.53. The molecular formula is C12H10N2O. The number of hydrogen-bond acceptors (Lipinski definition) is 3. The molecule has 0 unspecified atom stereocenters. The van der Waals surface area contributed by atoms with Crippen molar-refractivity contribution in [3.63, 3.8) is 0 Å². The van der Waals surface area contributed by atoms with E-state index in [4.69, 9.17) is 4.74 Å². The zero-order valence-electron chi connectivity index (χ0n) is 8.23. The normalized spacial score (nSPS) is 13.6. The van der Waals surface area contributed by atoms with Gasteiger partial charge in [0.2, 0.25) is 0 Å². The summed E-state index contributed by atoms with van der Waals surface area (Å²) in [6.45, 7) is 4.30. The Morgan fingerprint density at radius 3 is 3.13 bits per heavy atom. The van der Waals surface area contributed by atoms with Crippen LogP contribution >= 0.6 is 0 Å². The maximum atomic E-state index is 5.59. The summed E-state index contributed by atoms with van der Waals surface area (Å²) in [6.07, 6.45) is 2.76. The lowest BCUT2D eigenvalue weighted by Crippen LogP contribution is -2.08. The quantitative estimate of drug-likeness (QED) is 0.660. The van der Waals surface area contributed by atoms with Crippen molar-refractivity contribution in [1.82, 2.24) is 4.98 Å². The van der Waals surface area contributed by atoms with Gasteiger partial charge in [-0.15, -0.1) is 0 Å². The molecule has 0 amide bonds. The Morgan fingerprint density at radius 2 is 2.27 bits per heavy atom. The fourth-order valence-electron chi connectivity index (χ4n) is 2.01. The third-order valence-corrected chi connectivity index (χ3v) is 2.72. The van der Waals surface area contributed by atoms with Crippen LogP contribution in [0, 0.1) is 0 Å². The smallest absolute Gasteiger partial charge is 0.129 e. The third-order valence-electron chi connectivity index (χ3n) is 2.72. The van der Waals surface area contributed by atoms with Gasteiger partial charge in [-0.25, -0.2) is 0 Å². The monoisotopic (exact) mass is 198 g/mol. The summed E-state index contributed by atoms with van der Waals surface area (Å²) in [6, 6.07) is 5.88. The second-order valence-electron chi connectivity index (χ2n) is 3.53. The molecule has 3 rings (SSSR count). The fraction of sp³-hybridized carbons (Fsp3) is 0.167. The molecule has 0 radical (unpaired) electrons. The van der Waals surface area contributed by atoms with Gasteiger partial charge in [-0.1, -0.05) is 0 Å². The number of aromatic nitrogens is 1. The largest absolute Gasteiger partial charge is 0.493 e. The fourth-order valence-corrected chi connectivity index (χ4v) is 2.01. The Hall–Kier alpha value is -1.90. The molecule has 1 aliphatic heterocycles. The first-order valence-electron chi connectivity index (χ1n) is 4.90. The molecule has 1 aliphatic rings. The summed E-state index contributed by atoms with van der Waals surface area (Å²) in [7, 11) is 0. The van der Waals surface area contributed by atoms with Crippen LogP contribution in [0.1, 0.15) is 5.56 Å². The molecule has 1 aromatic heterocycles. The zero-order valence-corrected chi connectivity index (χ0v) is 8.23. The number of ether oxygens (including phenoxy) is 1. The van der Waals surface area contributed by atoms with Gasteiger partial charge in [-0.2, -0.15) is 0 Å². The minimum absolute atomic E-state index is 0.743. The summed E-state index contributed by atoms with van der Waals surface area (Å²) in [5.74, 6) is 0.909. The minimum atomic E-state index is 0.743. The maximum absolute atomic E-state index is 5.59. The molecule has 3 heteroatoms. The van der Waals surface area contributed by atoms with Gasteiger partial charge >= 0.3 is 0 Å². The average molecular weight is 198 g/mol. The highest BCUT2D eigenvalue weighted by Crippen LogP contribution is 2.36. The van der Waals surface area contributed by atoms with Crippen molar-refractivity contribution in [1.29, 1.82) is 0 Å². The zero-order chi connectivity index (χ0) is 10.3.